The van der Waals surface area contributed by atoms with Crippen LogP contribution in [0.25, 0.3) is 0 Å². The van der Waals surface area contributed by atoms with Crippen molar-refractivity contribution in [1.29, 1.82) is 5.26 Å². The Morgan fingerprint density at radius 1 is 0.979 bits per heavy atom. The largest absolute Gasteiger partial charge is 0.497 e. The van der Waals surface area contributed by atoms with E-state index >= 15 is 0 Å². The SMILES string of the molecule is COc1ccc(C(O[C@H]2CCC[C@@]3(OP(OCCC#N)N(C(C)C)C(C)C)C[C@H](C)O[C@@H]23)(c2ccccc2)c2ccc(CO)cc2)cc1. The number of nitriles is 1. The third kappa shape index (κ3) is 7.64. The number of aliphatic hydroxyl groups excluding tert-OH is 1. The van der Waals surface area contributed by atoms with E-state index in [0.29, 0.717) is 13.0 Å². The number of hydrogen-bond acceptors (Lipinski definition) is 8. The van der Waals surface area contributed by atoms with Crippen molar-refractivity contribution in [1.82, 2.24) is 4.67 Å². The summed E-state index contributed by atoms with van der Waals surface area (Å²) in [5.41, 5.74) is 2.11. The van der Waals surface area contributed by atoms with Crippen molar-refractivity contribution in [3.8, 4) is 11.8 Å². The molecule has 1 aliphatic heterocycles. The Bertz CT molecular complexity index is 1420. The molecule has 0 radical (unpaired) electrons. The maximum atomic E-state index is 9.88. The molecule has 48 heavy (non-hydrogen) atoms. The van der Waals surface area contributed by atoms with Gasteiger partial charge < -0.3 is 28.4 Å². The zero-order valence-corrected chi connectivity index (χ0v) is 30.1. The molecule has 1 N–H and O–H groups in total. The molecular formula is C39H51N2O6P. The fourth-order valence-corrected chi connectivity index (χ4v) is 9.28. The minimum absolute atomic E-state index is 0.0299. The van der Waals surface area contributed by atoms with Gasteiger partial charge in [-0.2, -0.15) is 5.26 Å². The topological polar surface area (TPSA) is 93.4 Å². The molecule has 2 aliphatic rings. The van der Waals surface area contributed by atoms with Gasteiger partial charge in [0.15, 0.2) is 0 Å². The number of rotatable bonds is 15. The first kappa shape index (κ1) is 36.4. The van der Waals surface area contributed by atoms with Gasteiger partial charge in [-0.1, -0.05) is 66.7 Å². The summed E-state index contributed by atoms with van der Waals surface area (Å²) in [6.07, 6.45) is 2.88. The Labute approximate surface area is 287 Å². The first-order valence-corrected chi connectivity index (χ1v) is 18.3. The highest BCUT2D eigenvalue weighted by Gasteiger charge is 2.58. The van der Waals surface area contributed by atoms with Gasteiger partial charge in [0, 0.05) is 18.5 Å². The Balaban J connectivity index is 1.61. The highest BCUT2D eigenvalue weighted by atomic mass is 31.2. The summed E-state index contributed by atoms with van der Waals surface area (Å²) in [5.74, 6) is 0.763. The summed E-state index contributed by atoms with van der Waals surface area (Å²) in [7, 11) is 0.186. The van der Waals surface area contributed by atoms with Crippen molar-refractivity contribution in [3.05, 3.63) is 101 Å². The zero-order valence-electron chi connectivity index (χ0n) is 29.2. The summed E-state index contributed by atoms with van der Waals surface area (Å²) in [6, 6.07) is 29.0. The normalized spacial score (nSPS) is 24.3. The van der Waals surface area contributed by atoms with Crippen LogP contribution in [0.1, 0.15) is 89.0 Å². The molecule has 6 atom stereocenters. The summed E-state index contributed by atoms with van der Waals surface area (Å²) in [5, 5.41) is 19.2. The standard InChI is InChI=1S/C39H51N2O6P/c1-28(2)41(29(3)4)48(44-25-11-24-40)47-38-23-10-14-36(37(38)45-30(5)26-38)46-39(32-12-8-7-9-13-32,33-17-15-31(27-42)16-18-33)34-19-21-35(43-6)22-20-34/h7-9,12-13,15-22,28-30,36-37,42H,10-11,14,23,25-27H2,1-6H3/t30-,36-,37-,38+,39?,48?/m0/s1. The number of methoxy groups -OCH3 is 1. The van der Waals surface area contributed by atoms with Crippen LogP contribution in [0.5, 0.6) is 5.75 Å². The Morgan fingerprint density at radius 3 is 2.19 bits per heavy atom. The van der Waals surface area contributed by atoms with Crippen LogP contribution in [0.15, 0.2) is 78.9 Å². The average molecular weight is 675 g/mol. The van der Waals surface area contributed by atoms with Gasteiger partial charge in [0.25, 0.3) is 8.53 Å². The molecule has 0 bridgehead atoms. The Hall–Kier alpha value is -2.86. The van der Waals surface area contributed by atoms with Crippen molar-refractivity contribution in [3.63, 3.8) is 0 Å². The lowest BCUT2D eigenvalue weighted by molar-refractivity contribution is -0.172. The quantitative estimate of drug-likeness (QED) is 0.0979. The molecule has 5 rings (SSSR count). The molecule has 2 fully saturated rings. The molecule has 0 amide bonds. The number of benzene rings is 3. The molecule has 3 aromatic rings. The van der Waals surface area contributed by atoms with E-state index in [2.05, 4.69) is 81.8 Å². The van der Waals surface area contributed by atoms with Crippen molar-refractivity contribution in [2.75, 3.05) is 13.7 Å². The van der Waals surface area contributed by atoms with Crippen LogP contribution >= 0.6 is 8.53 Å². The lowest BCUT2D eigenvalue weighted by Crippen LogP contribution is -2.54. The molecule has 2 unspecified atom stereocenters. The predicted molar refractivity (Wildman–Crippen MR) is 188 cm³/mol. The molecule has 8 nitrogen and oxygen atoms in total. The summed E-state index contributed by atoms with van der Waals surface area (Å²) in [4.78, 5) is 0. The maximum Gasteiger partial charge on any atom is 0.259 e. The van der Waals surface area contributed by atoms with Gasteiger partial charge in [-0.3, -0.25) is 0 Å². The van der Waals surface area contributed by atoms with Gasteiger partial charge in [0.1, 0.15) is 23.1 Å². The third-order valence-corrected chi connectivity index (χ3v) is 11.7. The predicted octanol–water partition coefficient (Wildman–Crippen LogP) is 8.26. The van der Waals surface area contributed by atoms with E-state index in [1.54, 1.807) is 7.11 Å². The van der Waals surface area contributed by atoms with Crippen molar-refractivity contribution < 1.29 is 28.4 Å². The molecule has 3 aromatic carbocycles. The van der Waals surface area contributed by atoms with E-state index in [9.17, 15) is 10.4 Å². The number of fused-ring (bicyclic) bond motifs is 1. The van der Waals surface area contributed by atoms with E-state index < -0.39 is 19.7 Å². The molecule has 1 heterocycles. The molecule has 9 heteroatoms. The second kappa shape index (κ2) is 16.2. The van der Waals surface area contributed by atoms with Gasteiger partial charge >= 0.3 is 0 Å². The van der Waals surface area contributed by atoms with Gasteiger partial charge in [-0.15, -0.1) is 0 Å². The molecule has 1 saturated carbocycles. The number of hydrogen-bond donors (Lipinski definition) is 1. The Morgan fingerprint density at radius 2 is 1.60 bits per heavy atom. The van der Waals surface area contributed by atoms with Crippen LogP contribution in [0.3, 0.4) is 0 Å². The van der Waals surface area contributed by atoms with Crippen molar-refractivity contribution in [2.45, 2.75) is 115 Å². The monoisotopic (exact) mass is 674 g/mol. The van der Waals surface area contributed by atoms with E-state index in [1.807, 2.05) is 42.5 Å². The molecular weight excluding hydrogens is 623 g/mol. The van der Waals surface area contributed by atoms with Crippen molar-refractivity contribution in [2.24, 2.45) is 0 Å². The minimum Gasteiger partial charge on any atom is -0.497 e. The summed E-state index contributed by atoms with van der Waals surface area (Å²) < 4.78 is 35.9. The maximum absolute atomic E-state index is 9.88. The van der Waals surface area contributed by atoms with E-state index in [4.69, 9.17) is 23.3 Å². The first-order valence-electron chi connectivity index (χ1n) is 17.2. The average Bonchev–Trinajstić information content (AvgIpc) is 3.43. The summed E-state index contributed by atoms with van der Waals surface area (Å²) >= 11 is 0. The van der Waals surface area contributed by atoms with Gasteiger partial charge in [-0.25, -0.2) is 4.67 Å². The van der Waals surface area contributed by atoms with Crippen LogP contribution in [0, 0.1) is 11.3 Å². The van der Waals surface area contributed by atoms with Crippen LogP contribution in [-0.4, -0.2) is 59.5 Å². The number of ether oxygens (including phenoxy) is 3. The molecule has 0 aromatic heterocycles. The molecule has 1 saturated heterocycles. The second-order valence-corrected chi connectivity index (χ2v) is 14.8. The van der Waals surface area contributed by atoms with Gasteiger partial charge in [-0.05, 0) is 88.3 Å². The van der Waals surface area contributed by atoms with Gasteiger partial charge in [0.2, 0.25) is 0 Å². The molecule has 1 aliphatic carbocycles. The second-order valence-electron chi connectivity index (χ2n) is 13.5. The molecule has 0 spiro atoms. The number of aliphatic hydroxyl groups is 1. The van der Waals surface area contributed by atoms with Crippen LogP contribution in [0.2, 0.25) is 0 Å². The fraction of sp³-hybridized carbons (Fsp3) is 0.513. The van der Waals surface area contributed by atoms with Crippen LogP contribution in [-0.2, 0) is 30.7 Å². The van der Waals surface area contributed by atoms with Crippen LogP contribution in [0.4, 0.5) is 0 Å². The zero-order chi connectivity index (χ0) is 34.3. The van der Waals surface area contributed by atoms with Gasteiger partial charge in [0.05, 0.1) is 45.0 Å². The summed E-state index contributed by atoms with van der Waals surface area (Å²) in [6.45, 7) is 11.0. The van der Waals surface area contributed by atoms with Crippen LogP contribution < -0.4 is 4.74 Å². The minimum atomic E-state index is -1.48. The lowest BCUT2D eigenvalue weighted by atomic mass is 9.76. The lowest BCUT2D eigenvalue weighted by Gasteiger charge is -2.48. The first-order chi connectivity index (χ1) is 23.2. The number of nitrogens with zero attached hydrogens (tertiary/aromatic N) is 2. The van der Waals surface area contributed by atoms with E-state index in [1.165, 1.54) is 0 Å². The highest BCUT2D eigenvalue weighted by Crippen LogP contribution is 2.57. The fourth-order valence-electron chi connectivity index (χ4n) is 7.42. The van der Waals surface area contributed by atoms with E-state index in [-0.39, 0.29) is 37.0 Å². The van der Waals surface area contributed by atoms with E-state index in [0.717, 1.165) is 53.7 Å². The molecule has 258 valence electrons. The Kier molecular flexibility index (Phi) is 12.3. The smallest absolute Gasteiger partial charge is 0.259 e. The third-order valence-electron chi connectivity index (χ3n) is 9.43. The highest BCUT2D eigenvalue weighted by molar-refractivity contribution is 7.44. The van der Waals surface area contributed by atoms with Crippen molar-refractivity contribution >= 4 is 8.53 Å².